The van der Waals surface area contributed by atoms with Crippen molar-refractivity contribution >= 4 is 11.7 Å². The van der Waals surface area contributed by atoms with Crippen molar-refractivity contribution in [2.75, 3.05) is 11.9 Å². The molecule has 3 rings (SSSR count). The lowest BCUT2D eigenvalue weighted by Crippen LogP contribution is -2.33. The molecule has 2 fully saturated rings. The van der Waals surface area contributed by atoms with E-state index in [0.717, 1.165) is 18.7 Å². The molecule has 108 valence electrons. The third-order valence-electron chi connectivity index (χ3n) is 4.37. The highest BCUT2D eigenvalue weighted by atomic mass is 16.5. The first-order valence-corrected chi connectivity index (χ1v) is 7.40. The van der Waals surface area contributed by atoms with Crippen molar-refractivity contribution in [1.82, 2.24) is 9.97 Å². The van der Waals surface area contributed by atoms with Crippen LogP contribution in [0.15, 0.2) is 12.4 Å². The zero-order chi connectivity index (χ0) is 14.1. The summed E-state index contributed by atoms with van der Waals surface area (Å²) in [7, 11) is 0. The molecule has 0 radical (unpaired) electrons. The fourth-order valence-electron chi connectivity index (χ4n) is 3.35. The molecule has 2 heterocycles. The number of amides is 1. The van der Waals surface area contributed by atoms with Crippen LogP contribution in [0.5, 0.6) is 0 Å². The Morgan fingerprint density at radius 3 is 2.95 bits per heavy atom. The number of carbonyl (C=O) groups is 1. The van der Waals surface area contributed by atoms with E-state index in [1.165, 1.54) is 12.8 Å². The predicted octanol–water partition coefficient (Wildman–Crippen LogP) is 2.35. The van der Waals surface area contributed by atoms with Crippen molar-refractivity contribution in [2.24, 2.45) is 11.8 Å². The molecule has 0 unspecified atom stereocenters. The van der Waals surface area contributed by atoms with Crippen LogP contribution in [0.4, 0.5) is 5.82 Å². The van der Waals surface area contributed by atoms with Crippen LogP contribution >= 0.6 is 0 Å². The van der Waals surface area contributed by atoms with Crippen molar-refractivity contribution in [3.05, 3.63) is 18.1 Å². The first-order chi connectivity index (χ1) is 9.66. The number of hydrogen-bond donors (Lipinski definition) is 1. The number of carbonyl (C=O) groups excluding carboxylic acids is 1. The molecular formula is C15H21N3O2. The molecule has 1 aromatic rings. The smallest absolute Gasteiger partial charge is 0.255 e. The maximum atomic E-state index is 12.4. The fourth-order valence-corrected chi connectivity index (χ4v) is 3.35. The molecule has 1 aliphatic carbocycles. The summed E-state index contributed by atoms with van der Waals surface area (Å²) in [5.74, 6) is 1.67. The van der Waals surface area contributed by atoms with Gasteiger partial charge in [0.05, 0.1) is 12.3 Å². The topological polar surface area (TPSA) is 64.1 Å². The van der Waals surface area contributed by atoms with Gasteiger partial charge in [-0.15, -0.1) is 0 Å². The molecule has 1 aliphatic heterocycles. The Labute approximate surface area is 119 Å². The summed E-state index contributed by atoms with van der Waals surface area (Å²) in [5.41, 5.74) is 0.821. The molecule has 0 bridgehead atoms. The molecule has 5 heteroatoms. The molecule has 1 N–H and O–H groups in total. The van der Waals surface area contributed by atoms with Crippen LogP contribution in [-0.4, -0.2) is 28.6 Å². The Hall–Kier alpha value is -1.49. The number of hydrogen-bond acceptors (Lipinski definition) is 4. The van der Waals surface area contributed by atoms with Gasteiger partial charge in [-0.05, 0) is 30.6 Å². The highest BCUT2D eigenvalue weighted by Gasteiger charge is 2.44. The van der Waals surface area contributed by atoms with Gasteiger partial charge in [0.15, 0.2) is 5.82 Å². The second-order valence-electron chi connectivity index (χ2n) is 6.04. The number of nitrogens with one attached hydrogen (secondary N) is 1. The number of ether oxygens (including phenoxy) is 1. The van der Waals surface area contributed by atoms with Gasteiger partial charge >= 0.3 is 0 Å². The molecule has 20 heavy (non-hydrogen) atoms. The monoisotopic (exact) mass is 275 g/mol. The van der Waals surface area contributed by atoms with Gasteiger partial charge in [-0.2, -0.15) is 0 Å². The summed E-state index contributed by atoms with van der Waals surface area (Å²) in [4.78, 5) is 21.0. The predicted molar refractivity (Wildman–Crippen MR) is 75.3 cm³/mol. The minimum absolute atomic E-state index is 0.0678. The number of fused-ring (bicyclic) bond motifs is 1. The normalized spacial score (nSPS) is 28.6. The van der Waals surface area contributed by atoms with Crippen LogP contribution in [0.25, 0.3) is 0 Å². The van der Waals surface area contributed by atoms with Crippen LogP contribution in [0.2, 0.25) is 0 Å². The van der Waals surface area contributed by atoms with Crippen LogP contribution in [-0.2, 0) is 9.53 Å². The Kier molecular flexibility index (Phi) is 3.70. The van der Waals surface area contributed by atoms with Crippen molar-refractivity contribution in [1.29, 1.82) is 0 Å². The lowest BCUT2D eigenvalue weighted by Gasteiger charge is -2.17. The second kappa shape index (κ2) is 5.48. The fraction of sp³-hybridized carbons (Fsp3) is 0.667. The number of anilines is 1. The van der Waals surface area contributed by atoms with E-state index in [0.29, 0.717) is 17.7 Å². The summed E-state index contributed by atoms with van der Waals surface area (Å²) >= 11 is 0. The van der Waals surface area contributed by atoms with E-state index in [2.05, 4.69) is 15.3 Å². The van der Waals surface area contributed by atoms with Gasteiger partial charge in [0.2, 0.25) is 0 Å². The highest BCUT2D eigenvalue weighted by Crippen LogP contribution is 2.40. The van der Waals surface area contributed by atoms with Gasteiger partial charge in [0.25, 0.3) is 5.91 Å². The number of aromatic nitrogens is 2. The zero-order valence-electron chi connectivity index (χ0n) is 12.0. The second-order valence-corrected chi connectivity index (χ2v) is 6.04. The van der Waals surface area contributed by atoms with E-state index >= 15 is 0 Å². The van der Waals surface area contributed by atoms with Gasteiger partial charge in [-0.1, -0.05) is 20.3 Å². The van der Waals surface area contributed by atoms with Gasteiger partial charge in [0, 0.05) is 12.4 Å². The maximum Gasteiger partial charge on any atom is 0.255 e. The SMILES string of the molecule is CC(C)c1nccnc1NC(=O)[C@@H]1OC[C@@H]2CCC[C@@H]21. The third-order valence-corrected chi connectivity index (χ3v) is 4.37. The van der Waals surface area contributed by atoms with E-state index in [9.17, 15) is 4.79 Å². The van der Waals surface area contributed by atoms with E-state index in [-0.39, 0.29) is 17.9 Å². The number of rotatable bonds is 3. The zero-order valence-corrected chi connectivity index (χ0v) is 12.0. The molecular weight excluding hydrogens is 254 g/mol. The van der Waals surface area contributed by atoms with Crippen LogP contribution in [0.1, 0.15) is 44.7 Å². The molecule has 3 atom stereocenters. The summed E-state index contributed by atoms with van der Waals surface area (Å²) in [6.07, 6.45) is 6.45. The van der Waals surface area contributed by atoms with E-state index in [1.54, 1.807) is 12.4 Å². The maximum absolute atomic E-state index is 12.4. The van der Waals surface area contributed by atoms with E-state index in [1.807, 2.05) is 13.8 Å². The quantitative estimate of drug-likeness (QED) is 0.919. The summed E-state index contributed by atoms with van der Waals surface area (Å²) in [6, 6.07) is 0. The van der Waals surface area contributed by atoms with Crippen molar-refractivity contribution in [3.63, 3.8) is 0 Å². The first kappa shape index (κ1) is 13.5. The largest absolute Gasteiger partial charge is 0.368 e. The molecule has 1 aromatic heterocycles. The Bertz CT molecular complexity index is 504. The number of nitrogens with zero attached hydrogens (tertiary/aromatic N) is 2. The molecule has 1 saturated carbocycles. The third kappa shape index (κ3) is 2.42. The van der Waals surface area contributed by atoms with Gasteiger partial charge < -0.3 is 10.1 Å². The van der Waals surface area contributed by atoms with Crippen molar-refractivity contribution in [3.8, 4) is 0 Å². The lowest BCUT2D eigenvalue weighted by molar-refractivity contribution is -0.126. The summed E-state index contributed by atoms with van der Waals surface area (Å²) < 4.78 is 5.69. The minimum atomic E-state index is -0.315. The molecule has 0 spiro atoms. The average molecular weight is 275 g/mol. The first-order valence-electron chi connectivity index (χ1n) is 7.40. The van der Waals surface area contributed by atoms with Crippen molar-refractivity contribution < 1.29 is 9.53 Å². The van der Waals surface area contributed by atoms with Gasteiger partial charge in [-0.25, -0.2) is 4.98 Å². The Balaban J connectivity index is 1.73. The Morgan fingerprint density at radius 2 is 2.15 bits per heavy atom. The van der Waals surface area contributed by atoms with Crippen LogP contribution in [0.3, 0.4) is 0 Å². The van der Waals surface area contributed by atoms with Gasteiger partial charge in [0.1, 0.15) is 6.10 Å². The summed E-state index contributed by atoms with van der Waals surface area (Å²) in [6.45, 7) is 4.80. The Morgan fingerprint density at radius 1 is 1.35 bits per heavy atom. The van der Waals surface area contributed by atoms with Crippen LogP contribution in [0, 0.1) is 11.8 Å². The standard InChI is InChI=1S/C15H21N3O2/c1-9(2)12-14(17-7-6-16-12)18-15(19)13-11-5-3-4-10(11)8-20-13/h6-7,9-11,13H,3-5,8H2,1-2H3,(H,17,18,19)/t10-,11-,13+/m0/s1. The average Bonchev–Trinajstić information content (AvgIpc) is 3.01. The molecule has 1 saturated heterocycles. The molecule has 2 aliphatic rings. The van der Waals surface area contributed by atoms with Crippen LogP contribution < -0.4 is 5.32 Å². The minimum Gasteiger partial charge on any atom is -0.368 e. The molecule has 1 amide bonds. The lowest BCUT2D eigenvalue weighted by atomic mass is 9.94. The molecule has 5 nitrogen and oxygen atoms in total. The van der Waals surface area contributed by atoms with E-state index in [4.69, 9.17) is 4.74 Å². The van der Waals surface area contributed by atoms with Crippen molar-refractivity contribution in [2.45, 2.75) is 45.1 Å². The van der Waals surface area contributed by atoms with Gasteiger partial charge in [-0.3, -0.25) is 9.78 Å². The van der Waals surface area contributed by atoms with E-state index < -0.39 is 0 Å². The summed E-state index contributed by atoms with van der Waals surface area (Å²) in [5, 5.41) is 2.91. The molecule has 0 aromatic carbocycles. The highest BCUT2D eigenvalue weighted by molar-refractivity contribution is 5.94.